The molecule has 1 aliphatic rings. The summed E-state index contributed by atoms with van der Waals surface area (Å²) in [5.74, 6) is -0.0882. The van der Waals surface area contributed by atoms with Gasteiger partial charge in [-0.1, -0.05) is 99.6 Å². The molecular formula is C28H27BrCl2O2. The van der Waals surface area contributed by atoms with Crippen LogP contribution in [-0.4, -0.2) is 16.7 Å². The molecule has 2 nitrogen and oxygen atoms in total. The first-order valence-electron chi connectivity index (χ1n) is 11.3. The highest BCUT2D eigenvalue weighted by atomic mass is 79.9. The van der Waals surface area contributed by atoms with Gasteiger partial charge in [0, 0.05) is 15.4 Å². The predicted octanol–water partition coefficient (Wildman–Crippen LogP) is 8.34. The lowest BCUT2D eigenvalue weighted by Gasteiger charge is -2.11. The first-order chi connectivity index (χ1) is 15.9. The average molecular weight is 546 g/mol. The quantitative estimate of drug-likeness (QED) is 0.111. The molecule has 172 valence electrons. The number of hydrogen-bond donors (Lipinski definition) is 0. The number of ether oxygens (including phenoxy) is 1. The van der Waals surface area contributed by atoms with Crippen molar-refractivity contribution < 1.29 is 9.53 Å². The Balaban J connectivity index is 1.29. The molecule has 0 aromatic heterocycles. The molecule has 0 spiro atoms. The van der Waals surface area contributed by atoms with Gasteiger partial charge in [0.25, 0.3) is 0 Å². The molecule has 0 aliphatic carbocycles. The van der Waals surface area contributed by atoms with Crippen molar-refractivity contribution in [1.82, 2.24) is 0 Å². The van der Waals surface area contributed by atoms with Crippen molar-refractivity contribution in [3.8, 4) is 0 Å². The molecule has 1 unspecified atom stereocenters. The third-order valence-electron chi connectivity index (χ3n) is 6.10. The second-order valence-electron chi connectivity index (χ2n) is 8.70. The van der Waals surface area contributed by atoms with Gasteiger partial charge in [-0.15, -0.1) is 0 Å². The van der Waals surface area contributed by atoms with Crippen molar-refractivity contribution in [3.05, 3.63) is 105 Å². The van der Waals surface area contributed by atoms with Crippen LogP contribution in [0.4, 0.5) is 0 Å². The van der Waals surface area contributed by atoms with E-state index in [1.54, 1.807) is 18.2 Å². The number of Topliss-reactive ketones (excluding diaryl/α,β-unsaturated/α-hetero) is 1. The van der Waals surface area contributed by atoms with Crippen LogP contribution in [0.5, 0.6) is 0 Å². The standard InChI is InChI=1S/C28H27BrCl2O2/c1-18-10-12-19(13-11-18)16-21(29)8-4-2-6-20-7-3-5-9-23(20)27-28(33-27)26(32)24-15-14-22(30)17-25(24)31/h3,5,7,9-15,17,21,27-28H,2,4,6,8,16H2,1H3/t21?,27-,28-/m0/s1. The summed E-state index contributed by atoms with van der Waals surface area (Å²) in [5, 5.41) is 0.879. The van der Waals surface area contributed by atoms with Gasteiger partial charge in [0.15, 0.2) is 11.9 Å². The van der Waals surface area contributed by atoms with Gasteiger partial charge in [-0.25, -0.2) is 0 Å². The van der Waals surface area contributed by atoms with E-state index in [9.17, 15) is 4.79 Å². The van der Waals surface area contributed by atoms with Gasteiger partial charge in [-0.2, -0.15) is 0 Å². The highest BCUT2D eigenvalue weighted by Crippen LogP contribution is 2.43. The van der Waals surface area contributed by atoms with Crippen LogP contribution in [0.1, 0.15) is 58.0 Å². The molecule has 0 radical (unpaired) electrons. The van der Waals surface area contributed by atoms with E-state index in [1.165, 1.54) is 16.7 Å². The molecule has 0 amide bonds. The molecule has 0 N–H and O–H groups in total. The minimum atomic E-state index is -0.480. The molecule has 5 heteroatoms. The average Bonchev–Trinajstić information content (AvgIpc) is 3.59. The summed E-state index contributed by atoms with van der Waals surface area (Å²) in [5.41, 5.74) is 5.49. The van der Waals surface area contributed by atoms with Gasteiger partial charge in [0.2, 0.25) is 0 Å². The van der Waals surface area contributed by atoms with Crippen LogP contribution in [0.2, 0.25) is 10.0 Å². The van der Waals surface area contributed by atoms with Crippen LogP contribution in [-0.2, 0) is 17.6 Å². The zero-order chi connectivity index (χ0) is 23.4. The summed E-state index contributed by atoms with van der Waals surface area (Å²) in [4.78, 5) is 13.4. The zero-order valence-electron chi connectivity index (χ0n) is 18.6. The highest BCUT2D eigenvalue weighted by molar-refractivity contribution is 9.09. The lowest BCUT2D eigenvalue weighted by atomic mass is 9.95. The number of carbonyl (C=O) groups is 1. The summed E-state index contributed by atoms with van der Waals surface area (Å²) >= 11 is 16.0. The smallest absolute Gasteiger partial charge is 0.196 e. The maximum Gasteiger partial charge on any atom is 0.196 e. The van der Waals surface area contributed by atoms with Crippen LogP contribution in [0, 0.1) is 6.92 Å². The third-order valence-corrected chi connectivity index (χ3v) is 7.43. The molecule has 1 aliphatic heterocycles. The van der Waals surface area contributed by atoms with Gasteiger partial charge >= 0.3 is 0 Å². The molecule has 4 rings (SSSR count). The van der Waals surface area contributed by atoms with Crippen LogP contribution in [0.25, 0.3) is 0 Å². The maximum atomic E-state index is 12.9. The predicted molar refractivity (Wildman–Crippen MR) is 140 cm³/mol. The second-order valence-corrected chi connectivity index (χ2v) is 10.8. The molecule has 1 fully saturated rings. The number of rotatable bonds is 10. The van der Waals surface area contributed by atoms with Gasteiger partial charge in [-0.3, -0.25) is 4.79 Å². The van der Waals surface area contributed by atoms with E-state index in [4.69, 9.17) is 27.9 Å². The summed E-state index contributed by atoms with van der Waals surface area (Å²) < 4.78 is 5.82. The molecule has 1 heterocycles. The Hall–Kier alpha value is -1.65. The third kappa shape index (κ3) is 6.48. The largest absolute Gasteiger partial charge is 0.356 e. The fourth-order valence-electron chi connectivity index (χ4n) is 4.19. The number of aryl methyl sites for hydroxylation is 2. The number of hydrogen-bond acceptors (Lipinski definition) is 2. The number of unbranched alkanes of at least 4 members (excludes halogenated alkanes) is 1. The number of alkyl halides is 1. The van der Waals surface area contributed by atoms with Crippen LogP contribution in [0.3, 0.4) is 0 Å². The molecule has 1 saturated heterocycles. The Morgan fingerprint density at radius 3 is 2.55 bits per heavy atom. The number of epoxide rings is 1. The highest BCUT2D eigenvalue weighted by Gasteiger charge is 2.47. The number of halogens is 3. The Labute approximate surface area is 214 Å². The minimum Gasteiger partial charge on any atom is -0.356 e. The van der Waals surface area contributed by atoms with Crippen molar-refractivity contribution in [2.45, 2.75) is 56.1 Å². The van der Waals surface area contributed by atoms with E-state index in [2.05, 4.69) is 65.3 Å². The van der Waals surface area contributed by atoms with Gasteiger partial charge in [-0.05, 0) is 67.5 Å². The van der Waals surface area contributed by atoms with Crippen molar-refractivity contribution in [2.75, 3.05) is 0 Å². The van der Waals surface area contributed by atoms with E-state index in [0.717, 1.165) is 37.7 Å². The molecule has 3 aromatic carbocycles. The van der Waals surface area contributed by atoms with Crippen molar-refractivity contribution in [2.24, 2.45) is 0 Å². The van der Waals surface area contributed by atoms with E-state index in [-0.39, 0.29) is 11.9 Å². The van der Waals surface area contributed by atoms with Crippen molar-refractivity contribution >= 4 is 44.9 Å². The van der Waals surface area contributed by atoms with Crippen LogP contribution in [0.15, 0.2) is 66.7 Å². The molecule has 0 bridgehead atoms. The monoisotopic (exact) mass is 544 g/mol. The van der Waals surface area contributed by atoms with Gasteiger partial charge < -0.3 is 4.74 Å². The zero-order valence-corrected chi connectivity index (χ0v) is 21.7. The van der Waals surface area contributed by atoms with Crippen molar-refractivity contribution in [3.63, 3.8) is 0 Å². The summed E-state index contributed by atoms with van der Waals surface area (Å²) in [6, 6.07) is 22.0. The summed E-state index contributed by atoms with van der Waals surface area (Å²) in [6.45, 7) is 2.12. The molecular weight excluding hydrogens is 519 g/mol. The lowest BCUT2D eigenvalue weighted by molar-refractivity contribution is 0.0954. The fourth-order valence-corrected chi connectivity index (χ4v) is 5.39. The van der Waals surface area contributed by atoms with E-state index in [1.807, 2.05) is 6.07 Å². The molecule has 3 atom stereocenters. The molecule has 3 aromatic rings. The Morgan fingerprint density at radius 2 is 1.79 bits per heavy atom. The molecule has 0 saturated carbocycles. The SMILES string of the molecule is Cc1ccc(CC(Br)CCCCc2ccccc2[C@@H]2O[C@H]2C(=O)c2ccc(Cl)cc2Cl)cc1. The Morgan fingerprint density at radius 1 is 1.03 bits per heavy atom. The minimum absolute atomic E-state index is 0.0882. The lowest BCUT2D eigenvalue weighted by Crippen LogP contribution is -2.09. The Kier molecular flexibility index (Phi) is 8.29. The second kappa shape index (κ2) is 11.2. The fraction of sp³-hybridized carbons (Fsp3) is 0.321. The summed E-state index contributed by atoms with van der Waals surface area (Å²) in [6.07, 6.45) is 4.71. The van der Waals surface area contributed by atoms with Gasteiger partial charge in [0.05, 0.1) is 5.02 Å². The van der Waals surface area contributed by atoms with Crippen molar-refractivity contribution in [1.29, 1.82) is 0 Å². The Bertz CT molecular complexity index is 1110. The topological polar surface area (TPSA) is 29.6 Å². The van der Waals surface area contributed by atoms with E-state index >= 15 is 0 Å². The normalized spacial score (nSPS) is 18.2. The number of ketones is 1. The van der Waals surface area contributed by atoms with E-state index < -0.39 is 6.10 Å². The van der Waals surface area contributed by atoms with Crippen LogP contribution >= 0.6 is 39.1 Å². The first-order valence-corrected chi connectivity index (χ1v) is 13.0. The van der Waals surface area contributed by atoms with Gasteiger partial charge in [0.1, 0.15) is 6.10 Å². The first kappa shape index (κ1) is 24.5. The van der Waals surface area contributed by atoms with Crippen LogP contribution < -0.4 is 0 Å². The number of carbonyl (C=O) groups excluding carboxylic acids is 1. The molecule has 33 heavy (non-hydrogen) atoms. The van der Waals surface area contributed by atoms with E-state index in [0.29, 0.717) is 20.4 Å². The maximum absolute atomic E-state index is 12.9. The summed E-state index contributed by atoms with van der Waals surface area (Å²) in [7, 11) is 0. The number of benzene rings is 3.